The van der Waals surface area contributed by atoms with Crippen LogP contribution in [-0.4, -0.2) is 11.7 Å². The number of benzene rings is 1. The van der Waals surface area contributed by atoms with Crippen molar-refractivity contribution in [3.63, 3.8) is 0 Å². The first-order chi connectivity index (χ1) is 6.07. The molecule has 1 atom stereocenters. The van der Waals surface area contributed by atoms with Gasteiger partial charge in [0.15, 0.2) is 0 Å². The fourth-order valence-corrected chi connectivity index (χ4v) is 1.56. The van der Waals surface area contributed by atoms with Crippen LogP contribution in [0.2, 0.25) is 0 Å². The quantitative estimate of drug-likeness (QED) is 0.839. The molecule has 0 aliphatic carbocycles. The van der Waals surface area contributed by atoms with E-state index in [4.69, 9.17) is 10.8 Å². The van der Waals surface area contributed by atoms with Crippen molar-refractivity contribution < 1.29 is 9.50 Å². The molecule has 0 saturated heterocycles. The monoisotopic (exact) mass is 247 g/mol. The Morgan fingerprint density at radius 1 is 1.62 bits per heavy atom. The zero-order valence-electron chi connectivity index (χ0n) is 7.22. The van der Waals surface area contributed by atoms with Crippen LogP contribution in [0.4, 0.5) is 4.39 Å². The highest BCUT2D eigenvalue weighted by Gasteiger charge is 2.14. The van der Waals surface area contributed by atoms with Gasteiger partial charge in [0.05, 0.1) is 12.6 Å². The largest absolute Gasteiger partial charge is 0.394 e. The van der Waals surface area contributed by atoms with E-state index in [9.17, 15) is 4.39 Å². The molecule has 1 unspecified atom stereocenters. The van der Waals surface area contributed by atoms with Crippen LogP contribution < -0.4 is 5.73 Å². The second kappa shape index (κ2) is 4.17. The van der Waals surface area contributed by atoms with Gasteiger partial charge in [-0.25, -0.2) is 4.39 Å². The molecule has 1 rings (SSSR count). The Morgan fingerprint density at radius 3 is 2.77 bits per heavy atom. The summed E-state index contributed by atoms with van der Waals surface area (Å²) in [5.74, 6) is -0.373. The number of nitrogens with two attached hydrogens (primary N) is 1. The van der Waals surface area contributed by atoms with Gasteiger partial charge >= 0.3 is 0 Å². The molecule has 4 heteroatoms. The van der Waals surface area contributed by atoms with Crippen molar-refractivity contribution in [2.45, 2.75) is 13.0 Å². The maximum absolute atomic E-state index is 13.3. The van der Waals surface area contributed by atoms with Gasteiger partial charge in [-0.2, -0.15) is 0 Å². The molecule has 3 N–H and O–H groups in total. The molecule has 0 amide bonds. The minimum absolute atomic E-state index is 0.256. The molecular formula is C9H11BrFNO. The Bertz CT molecular complexity index is 317. The zero-order chi connectivity index (χ0) is 10.0. The number of halogens is 2. The van der Waals surface area contributed by atoms with Crippen LogP contribution in [0.1, 0.15) is 17.2 Å². The maximum atomic E-state index is 13.3. The van der Waals surface area contributed by atoms with Crippen LogP contribution in [0.15, 0.2) is 16.6 Å². The lowest BCUT2D eigenvalue weighted by Crippen LogP contribution is -2.17. The molecule has 1 aromatic carbocycles. The van der Waals surface area contributed by atoms with Gasteiger partial charge in [0, 0.05) is 10.0 Å². The van der Waals surface area contributed by atoms with E-state index in [1.807, 2.05) is 0 Å². The number of rotatable bonds is 2. The van der Waals surface area contributed by atoms with Crippen LogP contribution in [0.25, 0.3) is 0 Å². The van der Waals surface area contributed by atoms with E-state index in [0.29, 0.717) is 5.56 Å². The second-order valence-electron chi connectivity index (χ2n) is 2.86. The second-order valence-corrected chi connectivity index (χ2v) is 3.71. The summed E-state index contributed by atoms with van der Waals surface area (Å²) in [6.45, 7) is 1.51. The molecule has 0 saturated carbocycles. The average Bonchev–Trinajstić information content (AvgIpc) is 2.12. The summed E-state index contributed by atoms with van der Waals surface area (Å²) in [4.78, 5) is 0. The van der Waals surface area contributed by atoms with Crippen LogP contribution in [0, 0.1) is 12.7 Å². The molecular weight excluding hydrogens is 237 g/mol. The highest BCUT2D eigenvalue weighted by atomic mass is 79.9. The average molecular weight is 248 g/mol. The third-order valence-electron chi connectivity index (χ3n) is 1.96. The zero-order valence-corrected chi connectivity index (χ0v) is 8.81. The van der Waals surface area contributed by atoms with Crippen molar-refractivity contribution in [3.05, 3.63) is 33.5 Å². The van der Waals surface area contributed by atoms with Crippen molar-refractivity contribution in [1.82, 2.24) is 0 Å². The number of aliphatic hydroxyl groups excluding tert-OH is 1. The molecule has 0 aliphatic heterocycles. The Morgan fingerprint density at radius 2 is 2.23 bits per heavy atom. The molecule has 0 spiro atoms. The van der Waals surface area contributed by atoms with E-state index in [1.165, 1.54) is 6.07 Å². The maximum Gasteiger partial charge on any atom is 0.128 e. The van der Waals surface area contributed by atoms with Gasteiger partial charge in [-0.3, -0.25) is 0 Å². The molecule has 0 bridgehead atoms. The van der Waals surface area contributed by atoms with E-state index < -0.39 is 6.04 Å². The highest BCUT2D eigenvalue weighted by Crippen LogP contribution is 2.25. The van der Waals surface area contributed by atoms with Crippen LogP contribution >= 0.6 is 15.9 Å². The van der Waals surface area contributed by atoms with Crippen molar-refractivity contribution in [1.29, 1.82) is 0 Å². The summed E-state index contributed by atoms with van der Waals surface area (Å²) in [6.07, 6.45) is 0. The Hall–Kier alpha value is -0.450. The van der Waals surface area contributed by atoms with Gasteiger partial charge in [-0.15, -0.1) is 0 Å². The topological polar surface area (TPSA) is 46.2 Å². The van der Waals surface area contributed by atoms with Crippen LogP contribution in [0.3, 0.4) is 0 Å². The summed E-state index contributed by atoms with van der Waals surface area (Å²) in [7, 11) is 0. The highest BCUT2D eigenvalue weighted by molar-refractivity contribution is 9.10. The predicted octanol–water partition coefficient (Wildman–Crippen LogP) is 1.89. The predicted molar refractivity (Wildman–Crippen MR) is 52.9 cm³/mol. The fourth-order valence-electron chi connectivity index (χ4n) is 1.22. The molecule has 2 nitrogen and oxygen atoms in total. The van der Waals surface area contributed by atoms with E-state index in [0.717, 1.165) is 10.0 Å². The third kappa shape index (κ3) is 2.07. The Kier molecular flexibility index (Phi) is 3.41. The lowest BCUT2D eigenvalue weighted by molar-refractivity contribution is 0.265. The molecule has 0 aromatic heterocycles. The smallest absolute Gasteiger partial charge is 0.128 e. The lowest BCUT2D eigenvalue weighted by atomic mass is 10.0. The van der Waals surface area contributed by atoms with Crippen LogP contribution in [0.5, 0.6) is 0 Å². The normalized spacial score (nSPS) is 13.0. The number of hydrogen-bond donors (Lipinski definition) is 2. The first-order valence-electron chi connectivity index (χ1n) is 3.89. The van der Waals surface area contributed by atoms with E-state index in [-0.39, 0.29) is 12.4 Å². The van der Waals surface area contributed by atoms with E-state index in [2.05, 4.69) is 15.9 Å². The van der Waals surface area contributed by atoms with Gasteiger partial charge in [0.25, 0.3) is 0 Å². The summed E-state index contributed by atoms with van der Waals surface area (Å²) in [6, 6.07) is 2.30. The minimum Gasteiger partial charge on any atom is -0.394 e. The number of aliphatic hydroxyl groups is 1. The van der Waals surface area contributed by atoms with E-state index >= 15 is 0 Å². The minimum atomic E-state index is -0.655. The molecule has 0 aliphatic rings. The summed E-state index contributed by atoms with van der Waals surface area (Å²) >= 11 is 3.27. The fraction of sp³-hybridized carbons (Fsp3) is 0.333. The van der Waals surface area contributed by atoms with Gasteiger partial charge in [0.1, 0.15) is 5.82 Å². The molecule has 72 valence electrons. The molecule has 0 heterocycles. The first kappa shape index (κ1) is 10.6. The van der Waals surface area contributed by atoms with Gasteiger partial charge in [0.2, 0.25) is 0 Å². The molecule has 0 radical (unpaired) electrons. The number of hydrogen-bond acceptors (Lipinski definition) is 2. The summed E-state index contributed by atoms with van der Waals surface area (Å²) < 4.78 is 14.1. The standard InChI is InChI=1S/C9H11BrFNO/c1-5-6(10)2-3-7(11)9(5)8(12)4-13/h2-3,8,13H,4,12H2,1H3. The Balaban J connectivity index is 3.25. The SMILES string of the molecule is Cc1c(Br)ccc(F)c1C(N)CO. The lowest BCUT2D eigenvalue weighted by Gasteiger charge is -2.14. The van der Waals surface area contributed by atoms with E-state index in [1.54, 1.807) is 13.0 Å². The Labute approximate surface area is 84.7 Å². The third-order valence-corrected chi connectivity index (χ3v) is 2.82. The van der Waals surface area contributed by atoms with Gasteiger partial charge in [-0.1, -0.05) is 15.9 Å². The van der Waals surface area contributed by atoms with Gasteiger partial charge in [-0.05, 0) is 24.6 Å². The van der Waals surface area contributed by atoms with Crippen molar-refractivity contribution in [2.75, 3.05) is 6.61 Å². The van der Waals surface area contributed by atoms with Gasteiger partial charge < -0.3 is 10.8 Å². The van der Waals surface area contributed by atoms with Crippen LogP contribution in [-0.2, 0) is 0 Å². The molecule has 13 heavy (non-hydrogen) atoms. The molecule has 0 fully saturated rings. The summed E-state index contributed by atoms with van der Waals surface area (Å²) in [5, 5.41) is 8.82. The summed E-state index contributed by atoms with van der Waals surface area (Å²) in [5.41, 5.74) is 6.66. The van der Waals surface area contributed by atoms with Crippen molar-refractivity contribution in [2.24, 2.45) is 5.73 Å². The van der Waals surface area contributed by atoms with Crippen molar-refractivity contribution in [3.8, 4) is 0 Å². The van der Waals surface area contributed by atoms with Crippen molar-refractivity contribution >= 4 is 15.9 Å². The first-order valence-corrected chi connectivity index (χ1v) is 4.68. The molecule has 1 aromatic rings.